The Morgan fingerprint density at radius 2 is 2.24 bits per heavy atom. The van der Waals surface area contributed by atoms with E-state index in [1.165, 1.54) is 0 Å². The lowest BCUT2D eigenvalue weighted by Gasteiger charge is -2.12. The first kappa shape index (κ1) is 15.2. The molecule has 0 bridgehead atoms. The van der Waals surface area contributed by atoms with Crippen molar-refractivity contribution in [1.82, 2.24) is 9.71 Å². The monoisotopic (exact) mass is 314 g/mol. The van der Waals surface area contributed by atoms with Crippen molar-refractivity contribution < 1.29 is 8.42 Å². The van der Waals surface area contributed by atoms with E-state index in [4.69, 9.17) is 11.6 Å². The van der Waals surface area contributed by atoms with Crippen molar-refractivity contribution in [2.24, 2.45) is 0 Å². The molecule has 0 fully saturated rings. The Morgan fingerprint density at radius 1 is 1.59 bits per heavy atom. The lowest BCUT2D eigenvalue weighted by molar-refractivity contribution is 0.572. The van der Waals surface area contributed by atoms with E-state index in [0.29, 0.717) is 5.69 Å². The predicted molar refractivity (Wildman–Crippen MR) is 74.6 cm³/mol. The van der Waals surface area contributed by atoms with Crippen LogP contribution in [-0.4, -0.2) is 30.9 Å². The van der Waals surface area contributed by atoms with E-state index in [1.807, 2.05) is 13.8 Å². The fourth-order valence-corrected chi connectivity index (χ4v) is 5.02. The number of thioether (sulfide) groups is 1. The molecule has 1 unspecified atom stereocenters. The summed E-state index contributed by atoms with van der Waals surface area (Å²) in [7, 11) is -3.49. The standard InChI is InChI=1S/C9H15ClN2O2S3/c1-4-15-5-6(2)12-17(13,14)8-7(3)11-9(10)16-8/h6,12H,4-5H2,1-3H3. The van der Waals surface area contributed by atoms with Crippen LogP contribution in [0.4, 0.5) is 0 Å². The first-order valence-electron chi connectivity index (χ1n) is 5.09. The highest BCUT2D eigenvalue weighted by atomic mass is 35.5. The molecule has 0 radical (unpaired) electrons. The van der Waals surface area contributed by atoms with Gasteiger partial charge in [-0.25, -0.2) is 18.1 Å². The molecule has 0 aliphatic carbocycles. The molecule has 0 aliphatic heterocycles. The Bertz CT molecular complexity index is 473. The number of thiazole rings is 1. The van der Waals surface area contributed by atoms with Crippen LogP contribution in [0.25, 0.3) is 0 Å². The van der Waals surface area contributed by atoms with Crippen LogP contribution in [0.1, 0.15) is 19.5 Å². The van der Waals surface area contributed by atoms with Gasteiger partial charge >= 0.3 is 0 Å². The maximum absolute atomic E-state index is 12.0. The van der Waals surface area contributed by atoms with Gasteiger partial charge in [-0.15, -0.1) is 0 Å². The van der Waals surface area contributed by atoms with Crippen molar-refractivity contribution in [3.8, 4) is 0 Å². The van der Waals surface area contributed by atoms with Crippen molar-refractivity contribution in [3.63, 3.8) is 0 Å². The second-order valence-corrected chi connectivity index (χ2v) is 8.33. The zero-order chi connectivity index (χ0) is 13.1. The molecule has 1 rings (SSSR count). The molecule has 1 aromatic heterocycles. The number of hydrogen-bond acceptors (Lipinski definition) is 5. The first-order valence-corrected chi connectivity index (χ1v) is 8.93. The maximum Gasteiger partial charge on any atom is 0.252 e. The maximum atomic E-state index is 12.0. The summed E-state index contributed by atoms with van der Waals surface area (Å²) in [6.45, 7) is 5.53. The SMILES string of the molecule is CCSCC(C)NS(=O)(=O)c1sc(Cl)nc1C. The average Bonchev–Trinajstić information content (AvgIpc) is 2.55. The molecular formula is C9H15ClN2O2S3. The molecule has 1 N–H and O–H groups in total. The van der Waals surface area contributed by atoms with E-state index in [0.717, 1.165) is 22.8 Å². The number of aryl methyl sites for hydroxylation is 1. The van der Waals surface area contributed by atoms with Crippen molar-refractivity contribution in [2.45, 2.75) is 31.0 Å². The molecule has 8 heteroatoms. The van der Waals surface area contributed by atoms with Gasteiger partial charge in [-0.1, -0.05) is 29.9 Å². The number of aromatic nitrogens is 1. The largest absolute Gasteiger partial charge is 0.252 e. The zero-order valence-electron chi connectivity index (χ0n) is 9.86. The van der Waals surface area contributed by atoms with E-state index >= 15 is 0 Å². The van der Waals surface area contributed by atoms with Gasteiger partial charge in [0.25, 0.3) is 10.0 Å². The second kappa shape index (κ2) is 6.38. The van der Waals surface area contributed by atoms with E-state index < -0.39 is 10.0 Å². The number of nitrogens with one attached hydrogen (secondary N) is 1. The van der Waals surface area contributed by atoms with Crippen LogP contribution in [0, 0.1) is 6.92 Å². The Morgan fingerprint density at radius 3 is 2.71 bits per heavy atom. The molecule has 1 heterocycles. The molecule has 1 aromatic rings. The number of rotatable bonds is 6. The third kappa shape index (κ3) is 4.40. The number of hydrogen-bond donors (Lipinski definition) is 1. The molecule has 0 aromatic carbocycles. The third-order valence-corrected chi connectivity index (χ3v) is 6.51. The van der Waals surface area contributed by atoms with Crippen molar-refractivity contribution in [2.75, 3.05) is 11.5 Å². The third-order valence-electron chi connectivity index (χ3n) is 1.90. The molecule has 0 saturated carbocycles. The van der Waals surface area contributed by atoms with Gasteiger partial charge in [-0.3, -0.25) is 0 Å². The zero-order valence-corrected chi connectivity index (χ0v) is 13.1. The van der Waals surface area contributed by atoms with Crippen molar-refractivity contribution in [3.05, 3.63) is 10.2 Å². The van der Waals surface area contributed by atoms with E-state index in [1.54, 1.807) is 18.7 Å². The van der Waals surface area contributed by atoms with Gasteiger partial charge in [0.05, 0.1) is 5.69 Å². The van der Waals surface area contributed by atoms with Crippen LogP contribution in [0.5, 0.6) is 0 Å². The lowest BCUT2D eigenvalue weighted by Crippen LogP contribution is -2.34. The summed E-state index contributed by atoms with van der Waals surface area (Å²) in [5, 5.41) is 0. The minimum Gasteiger partial charge on any atom is -0.229 e. The number of nitrogens with zero attached hydrogens (tertiary/aromatic N) is 1. The molecule has 0 spiro atoms. The van der Waals surface area contributed by atoms with Crippen LogP contribution >= 0.6 is 34.7 Å². The summed E-state index contributed by atoms with van der Waals surface area (Å²) in [4.78, 5) is 3.91. The van der Waals surface area contributed by atoms with Gasteiger partial charge in [0, 0.05) is 11.8 Å². The first-order chi connectivity index (χ1) is 7.86. The minimum atomic E-state index is -3.49. The molecule has 1 atom stereocenters. The average molecular weight is 315 g/mol. The topological polar surface area (TPSA) is 59.1 Å². The quantitative estimate of drug-likeness (QED) is 0.876. The minimum absolute atomic E-state index is 0.106. The van der Waals surface area contributed by atoms with Crippen LogP contribution in [0.15, 0.2) is 4.21 Å². The summed E-state index contributed by atoms with van der Waals surface area (Å²) in [6.07, 6.45) is 0. The number of halogens is 1. The normalized spacial score (nSPS) is 13.9. The van der Waals surface area contributed by atoms with Gasteiger partial charge in [-0.2, -0.15) is 11.8 Å². The van der Waals surface area contributed by atoms with Gasteiger partial charge in [-0.05, 0) is 19.6 Å². The van der Waals surface area contributed by atoms with Crippen LogP contribution in [0.2, 0.25) is 4.47 Å². The van der Waals surface area contributed by atoms with Gasteiger partial charge in [0.15, 0.2) is 8.68 Å². The molecule has 98 valence electrons. The molecule has 0 saturated heterocycles. The Kier molecular flexibility index (Phi) is 5.72. The van der Waals surface area contributed by atoms with E-state index in [9.17, 15) is 8.42 Å². The molecule has 4 nitrogen and oxygen atoms in total. The van der Waals surface area contributed by atoms with Gasteiger partial charge in [0.2, 0.25) is 0 Å². The van der Waals surface area contributed by atoms with Crippen LogP contribution < -0.4 is 4.72 Å². The fraction of sp³-hybridized carbons (Fsp3) is 0.667. The van der Waals surface area contributed by atoms with Gasteiger partial charge < -0.3 is 0 Å². The highest BCUT2D eigenvalue weighted by Crippen LogP contribution is 2.26. The van der Waals surface area contributed by atoms with E-state index in [2.05, 4.69) is 9.71 Å². The second-order valence-electron chi connectivity index (χ2n) is 3.52. The Balaban J connectivity index is 2.79. The number of sulfonamides is 1. The highest BCUT2D eigenvalue weighted by molar-refractivity contribution is 7.99. The Hall–Kier alpha value is 0.180. The summed E-state index contributed by atoms with van der Waals surface area (Å²) in [5.41, 5.74) is 0.447. The molecule has 0 amide bonds. The van der Waals surface area contributed by atoms with Crippen LogP contribution in [0.3, 0.4) is 0 Å². The highest BCUT2D eigenvalue weighted by Gasteiger charge is 2.23. The lowest BCUT2D eigenvalue weighted by atomic mass is 10.4. The summed E-state index contributed by atoms with van der Waals surface area (Å²) in [5.74, 6) is 1.72. The summed E-state index contributed by atoms with van der Waals surface area (Å²) in [6, 6.07) is -0.106. The smallest absolute Gasteiger partial charge is 0.229 e. The predicted octanol–water partition coefficient (Wildman–Crippen LogP) is 2.52. The summed E-state index contributed by atoms with van der Waals surface area (Å²) >= 11 is 8.38. The van der Waals surface area contributed by atoms with Crippen LogP contribution in [-0.2, 0) is 10.0 Å². The van der Waals surface area contributed by atoms with Gasteiger partial charge in [0.1, 0.15) is 0 Å². The Labute approximate surface area is 115 Å². The summed E-state index contributed by atoms with van der Waals surface area (Å²) < 4.78 is 27.1. The fourth-order valence-electron chi connectivity index (χ4n) is 1.25. The molecule has 17 heavy (non-hydrogen) atoms. The van der Waals surface area contributed by atoms with Crippen molar-refractivity contribution >= 4 is 44.7 Å². The molecule has 0 aliphatic rings. The molecular weight excluding hydrogens is 300 g/mol. The van der Waals surface area contributed by atoms with E-state index in [-0.39, 0.29) is 14.7 Å². The van der Waals surface area contributed by atoms with Crippen molar-refractivity contribution in [1.29, 1.82) is 0 Å².